The normalized spacial score (nSPS) is 14.0. The minimum absolute atomic E-state index is 0.00906. The van der Waals surface area contributed by atoms with Crippen LogP contribution in [0.15, 0.2) is 24.3 Å². The molecular formula is C19H23N3O5S. The number of benzene rings is 1. The van der Waals surface area contributed by atoms with Crippen molar-refractivity contribution in [1.29, 1.82) is 0 Å². The average Bonchev–Trinajstić information content (AvgIpc) is 3.12. The molecule has 28 heavy (non-hydrogen) atoms. The van der Waals surface area contributed by atoms with Gasteiger partial charge in [-0.25, -0.2) is 9.59 Å². The lowest BCUT2D eigenvalue weighted by Gasteiger charge is -2.26. The largest absolute Gasteiger partial charge is 0.462 e. The number of ether oxygens (including phenoxy) is 2. The van der Waals surface area contributed by atoms with E-state index in [1.165, 1.54) is 11.3 Å². The fourth-order valence-electron chi connectivity index (χ4n) is 2.85. The molecule has 0 unspecified atom stereocenters. The second kappa shape index (κ2) is 9.52. The number of carbonyl (C=O) groups excluding carboxylic acids is 3. The van der Waals surface area contributed by atoms with Crippen LogP contribution >= 0.6 is 11.3 Å². The highest BCUT2D eigenvalue weighted by atomic mass is 32.1. The van der Waals surface area contributed by atoms with Crippen molar-refractivity contribution in [2.45, 2.75) is 13.3 Å². The second-order valence-electron chi connectivity index (χ2n) is 6.21. The molecule has 150 valence electrons. The van der Waals surface area contributed by atoms with Crippen LogP contribution in [-0.4, -0.2) is 62.3 Å². The van der Waals surface area contributed by atoms with Crippen LogP contribution in [0, 0.1) is 0 Å². The van der Waals surface area contributed by atoms with Crippen LogP contribution in [0.5, 0.6) is 0 Å². The number of thiophene rings is 1. The SMILES string of the molecule is CCOC(=O)c1cc2cc(NC(=O)NCCC(=O)N3CCOCC3)ccc2s1. The lowest BCUT2D eigenvalue weighted by Crippen LogP contribution is -2.42. The number of hydrogen-bond donors (Lipinski definition) is 2. The van der Waals surface area contributed by atoms with Gasteiger partial charge in [-0.2, -0.15) is 0 Å². The quantitative estimate of drug-likeness (QED) is 0.720. The van der Waals surface area contributed by atoms with Gasteiger partial charge in [0.2, 0.25) is 5.91 Å². The van der Waals surface area contributed by atoms with E-state index in [2.05, 4.69) is 10.6 Å². The molecule has 1 aromatic heterocycles. The van der Waals surface area contributed by atoms with Crippen molar-refractivity contribution in [3.05, 3.63) is 29.1 Å². The number of rotatable bonds is 6. The zero-order valence-corrected chi connectivity index (χ0v) is 16.5. The maximum Gasteiger partial charge on any atom is 0.348 e. The van der Waals surface area contributed by atoms with Gasteiger partial charge in [-0.05, 0) is 36.6 Å². The molecule has 0 spiro atoms. The number of fused-ring (bicyclic) bond motifs is 1. The maximum absolute atomic E-state index is 12.1. The molecule has 9 heteroatoms. The molecule has 1 aromatic carbocycles. The van der Waals surface area contributed by atoms with Gasteiger partial charge in [0.05, 0.1) is 19.8 Å². The Morgan fingerprint density at radius 2 is 2.00 bits per heavy atom. The third kappa shape index (κ3) is 5.20. The smallest absolute Gasteiger partial charge is 0.348 e. The lowest BCUT2D eigenvalue weighted by atomic mass is 10.2. The van der Waals surface area contributed by atoms with Gasteiger partial charge in [-0.15, -0.1) is 11.3 Å². The Kier molecular flexibility index (Phi) is 6.83. The van der Waals surface area contributed by atoms with E-state index in [-0.39, 0.29) is 30.9 Å². The topological polar surface area (TPSA) is 97.0 Å². The van der Waals surface area contributed by atoms with Crippen molar-refractivity contribution in [3.8, 4) is 0 Å². The number of nitrogens with zero attached hydrogens (tertiary/aromatic N) is 1. The predicted octanol–water partition coefficient (Wildman–Crippen LogP) is 2.45. The van der Waals surface area contributed by atoms with E-state index in [0.717, 1.165) is 10.1 Å². The van der Waals surface area contributed by atoms with E-state index in [1.54, 1.807) is 30.0 Å². The highest BCUT2D eigenvalue weighted by Gasteiger charge is 2.16. The molecule has 0 aliphatic carbocycles. The van der Waals surface area contributed by atoms with Crippen LogP contribution in [0.3, 0.4) is 0 Å². The highest BCUT2D eigenvalue weighted by Crippen LogP contribution is 2.28. The average molecular weight is 405 g/mol. The van der Waals surface area contributed by atoms with Gasteiger partial charge >= 0.3 is 12.0 Å². The van der Waals surface area contributed by atoms with Gasteiger partial charge in [-0.3, -0.25) is 4.79 Å². The van der Waals surface area contributed by atoms with Crippen molar-refractivity contribution in [2.24, 2.45) is 0 Å². The summed E-state index contributed by atoms with van der Waals surface area (Å²) in [5, 5.41) is 6.29. The van der Waals surface area contributed by atoms with Gasteiger partial charge < -0.3 is 25.0 Å². The summed E-state index contributed by atoms with van der Waals surface area (Å²) < 4.78 is 11.2. The number of morpholine rings is 1. The van der Waals surface area contributed by atoms with Crippen molar-refractivity contribution >= 4 is 45.0 Å². The first-order chi connectivity index (χ1) is 13.6. The summed E-state index contributed by atoms with van der Waals surface area (Å²) >= 11 is 1.35. The summed E-state index contributed by atoms with van der Waals surface area (Å²) in [6.45, 7) is 4.66. The van der Waals surface area contributed by atoms with E-state index in [1.807, 2.05) is 6.07 Å². The molecule has 0 atom stereocenters. The maximum atomic E-state index is 12.1. The Bertz CT molecular complexity index is 860. The number of esters is 1. The molecule has 1 fully saturated rings. The Labute approximate surface area is 166 Å². The minimum atomic E-state index is -0.380. The summed E-state index contributed by atoms with van der Waals surface area (Å²) in [7, 11) is 0. The summed E-state index contributed by atoms with van der Waals surface area (Å²) in [4.78, 5) is 38.2. The first-order valence-corrected chi connectivity index (χ1v) is 9.99. The molecule has 2 aromatic rings. The van der Waals surface area contributed by atoms with Gasteiger partial charge in [0.15, 0.2) is 0 Å². The van der Waals surface area contributed by atoms with Crippen LogP contribution in [-0.2, 0) is 14.3 Å². The molecule has 3 amide bonds. The molecule has 3 rings (SSSR count). The molecule has 0 saturated carbocycles. The van der Waals surface area contributed by atoms with Crippen molar-refractivity contribution < 1.29 is 23.9 Å². The predicted molar refractivity (Wildman–Crippen MR) is 107 cm³/mol. The summed E-state index contributed by atoms with van der Waals surface area (Å²) in [5.41, 5.74) is 0.609. The van der Waals surface area contributed by atoms with E-state index in [4.69, 9.17) is 9.47 Å². The van der Waals surface area contributed by atoms with Crippen molar-refractivity contribution in [1.82, 2.24) is 10.2 Å². The zero-order chi connectivity index (χ0) is 19.9. The molecule has 8 nitrogen and oxygen atoms in total. The first-order valence-electron chi connectivity index (χ1n) is 9.18. The number of anilines is 1. The molecular weight excluding hydrogens is 382 g/mol. The monoisotopic (exact) mass is 405 g/mol. The lowest BCUT2D eigenvalue weighted by molar-refractivity contribution is -0.135. The summed E-state index contributed by atoms with van der Waals surface area (Å²) in [6.07, 6.45) is 0.250. The highest BCUT2D eigenvalue weighted by molar-refractivity contribution is 7.20. The summed E-state index contributed by atoms with van der Waals surface area (Å²) in [6, 6.07) is 6.79. The zero-order valence-electron chi connectivity index (χ0n) is 15.7. The fraction of sp³-hybridized carbons (Fsp3) is 0.421. The van der Waals surface area contributed by atoms with Crippen LogP contribution < -0.4 is 10.6 Å². The van der Waals surface area contributed by atoms with Crippen molar-refractivity contribution in [2.75, 3.05) is 44.8 Å². The minimum Gasteiger partial charge on any atom is -0.462 e. The Hall–Kier alpha value is -2.65. The molecule has 0 radical (unpaired) electrons. The van der Waals surface area contributed by atoms with Gasteiger partial charge in [-0.1, -0.05) is 0 Å². The molecule has 0 bridgehead atoms. The Morgan fingerprint density at radius 1 is 1.21 bits per heavy atom. The van der Waals surface area contributed by atoms with E-state index < -0.39 is 0 Å². The molecule has 1 aliphatic rings. The van der Waals surface area contributed by atoms with Gasteiger partial charge in [0.1, 0.15) is 4.88 Å². The fourth-order valence-corrected chi connectivity index (χ4v) is 3.79. The Balaban J connectivity index is 1.50. The van der Waals surface area contributed by atoms with E-state index >= 15 is 0 Å². The third-order valence-electron chi connectivity index (χ3n) is 4.24. The van der Waals surface area contributed by atoms with Crippen LogP contribution in [0.4, 0.5) is 10.5 Å². The number of nitrogens with one attached hydrogen (secondary N) is 2. The first kappa shape index (κ1) is 20.1. The molecule has 2 heterocycles. The summed E-state index contributed by atoms with van der Waals surface area (Å²) in [5.74, 6) is -0.337. The van der Waals surface area contributed by atoms with Crippen LogP contribution in [0.2, 0.25) is 0 Å². The number of hydrogen-bond acceptors (Lipinski definition) is 6. The van der Waals surface area contributed by atoms with Crippen LogP contribution in [0.25, 0.3) is 10.1 Å². The van der Waals surface area contributed by atoms with Crippen molar-refractivity contribution in [3.63, 3.8) is 0 Å². The third-order valence-corrected chi connectivity index (χ3v) is 5.34. The molecule has 1 saturated heterocycles. The molecule has 2 N–H and O–H groups in total. The standard InChI is InChI=1S/C19H23N3O5S/c1-2-27-18(24)16-12-13-11-14(3-4-15(13)28-16)21-19(25)20-6-5-17(23)22-7-9-26-10-8-22/h3-4,11-12H,2,5-10H2,1H3,(H2,20,21,25). The number of urea groups is 1. The van der Waals surface area contributed by atoms with Gasteiger partial charge in [0, 0.05) is 36.4 Å². The van der Waals surface area contributed by atoms with Gasteiger partial charge in [0.25, 0.3) is 0 Å². The number of amides is 3. The number of carbonyl (C=O) groups is 3. The van der Waals surface area contributed by atoms with E-state index in [0.29, 0.717) is 43.5 Å². The Morgan fingerprint density at radius 3 is 2.75 bits per heavy atom. The molecule has 1 aliphatic heterocycles. The van der Waals surface area contributed by atoms with Crippen LogP contribution in [0.1, 0.15) is 23.0 Å². The van der Waals surface area contributed by atoms with E-state index in [9.17, 15) is 14.4 Å². The second-order valence-corrected chi connectivity index (χ2v) is 7.29.